The van der Waals surface area contributed by atoms with Gasteiger partial charge in [-0.25, -0.2) is 4.79 Å². The molecule has 1 amide bonds. The molecule has 1 aliphatic carbocycles. The highest BCUT2D eigenvalue weighted by Crippen LogP contribution is 2.33. The van der Waals surface area contributed by atoms with E-state index in [2.05, 4.69) is 5.32 Å². The van der Waals surface area contributed by atoms with Crippen LogP contribution in [0.5, 0.6) is 0 Å². The molecule has 0 aliphatic heterocycles. The Balaban J connectivity index is 2.25. The van der Waals surface area contributed by atoms with Crippen LogP contribution < -0.4 is 5.32 Å². The van der Waals surface area contributed by atoms with Gasteiger partial charge in [0.15, 0.2) is 0 Å². The molecule has 1 fully saturated rings. The third-order valence-corrected chi connectivity index (χ3v) is 4.11. The van der Waals surface area contributed by atoms with Crippen LogP contribution in [0.15, 0.2) is 12.1 Å². The van der Waals surface area contributed by atoms with E-state index in [1.54, 1.807) is 12.1 Å². The Bertz CT molecular complexity index is 550. The monoisotopic (exact) mass is 281 g/mol. The van der Waals surface area contributed by atoms with Crippen molar-refractivity contribution in [2.75, 3.05) is 0 Å². The fraction of sp³-hybridized carbons (Fsp3) is 0.429. The molecular formula is C14H16ClNO3. The SMILES string of the molecule is Cc1cc(Cl)c(C(=O)NC2(C(=O)O)CCC2)cc1C. The maximum Gasteiger partial charge on any atom is 0.329 e. The maximum atomic E-state index is 12.2. The Morgan fingerprint density at radius 1 is 1.26 bits per heavy atom. The first kappa shape index (κ1) is 13.9. The van der Waals surface area contributed by atoms with Crippen LogP contribution in [0.3, 0.4) is 0 Å². The van der Waals surface area contributed by atoms with Gasteiger partial charge in [-0.15, -0.1) is 0 Å². The van der Waals surface area contributed by atoms with Crippen molar-refractivity contribution in [1.29, 1.82) is 0 Å². The second-order valence-corrected chi connectivity index (χ2v) is 5.52. The lowest BCUT2D eigenvalue weighted by Crippen LogP contribution is -2.59. The van der Waals surface area contributed by atoms with Gasteiger partial charge in [0.2, 0.25) is 0 Å². The van der Waals surface area contributed by atoms with Gasteiger partial charge >= 0.3 is 5.97 Å². The third kappa shape index (κ3) is 2.45. The van der Waals surface area contributed by atoms with E-state index >= 15 is 0 Å². The molecular weight excluding hydrogens is 266 g/mol. The molecule has 1 aliphatic rings. The van der Waals surface area contributed by atoms with Crippen molar-refractivity contribution >= 4 is 23.5 Å². The van der Waals surface area contributed by atoms with Gasteiger partial charge in [0.05, 0.1) is 10.6 Å². The van der Waals surface area contributed by atoms with Crippen LogP contribution >= 0.6 is 11.6 Å². The largest absolute Gasteiger partial charge is 0.480 e. The summed E-state index contributed by atoms with van der Waals surface area (Å²) in [6.07, 6.45) is 1.75. The van der Waals surface area contributed by atoms with Crippen LogP contribution in [0.25, 0.3) is 0 Å². The number of hydrogen-bond donors (Lipinski definition) is 2. The number of hydrogen-bond acceptors (Lipinski definition) is 2. The molecule has 0 aromatic heterocycles. The quantitative estimate of drug-likeness (QED) is 0.895. The third-order valence-electron chi connectivity index (χ3n) is 3.80. The average molecular weight is 282 g/mol. The molecule has 1 saturated carbocycles. The summed E-state index contributed by atoms with van der Waals surface area (Å²) in [4.78, 5) is 23.4. The van der Waals surface area contributed by atoms with Crippen molar-refractivity contribution in [3.8, 4) is 0 Å². The lowest BCUT2D eigenvalue weighted by Gasteiger charge is -2.38. The molecule has 102 valence electrons. The standard InChI is InChI=1S/C14H16ClNO3/c1-8-6-10(11(15)7-9(8)2)12(17)16-14(13(18)19)4-3-5-14/h6-7H,3-5H2,1-2H3,(H,16,17)(H,18,19). The van der Waals surface area contributed by atoms with E-state index in [4.69, 9.17) is 11.6 Å². The molecule has 0 saturated heterocycles. The van der Waals surface area contributed by atoms with E-state index in [1.807, 2.05) is 13.8 Å². The molecule has 0 heterocycles. The molecule has 0 radical (unpaired) electrons. The smallest absolute Gasteiger partial charge is 0.329 e. The number of carbonyl (C=O) groups is 2. The van der Waals surface area contributed by atoms with Gasteiger partial charge in [0.1, 0.15) is 5.54 Å². The molecule has 4 nitrogen and oxygen atoms in total. The molecule has 19 heavy (non-hydrogen) atoms. The average Bonchev–Trinajstić information content (AvgIpc) is 2.27. The van der Waals surface area contributed by atoms with Gasteiger partial charge in [-0.1, -0.05) is 11.6 Å². The Morgan fingerprint density at radius 3 is 2.32 bits per heavy atom. The van der Waals surface area contributed by atoms with E-state index < -0.39 is 17.4 Å². The van der Waals surface area contributed by atoms with E-state index in [0.29, 0.717) is 23.4 Å². The fourth-order valence-electron chi connectivity index (χ4n) is 2.16. The van der Waals surface area contributed by atoms with Gasteiger partial charge in [-0.2, -0.15) is 0 Å². The maximum absolute atomic E-state index is 12.2. The first-order valence-electron chi connectivity index (χ1n) is 6.18. The Morgan fingerprint density at radius 2 is 1.84 bits per heavy atom. The molecule has 1 aromatic rings. The number of halogens is 1. The zero-order valence-corrected chi connectivity index (χ0v) is 11.7. The normalized spacial score (nSPS) is 16.6. The van der Waals surface area contributed by atoms with E-state index in [0.717, 1.165) is 17.5 Å². The topological polar surface area (TPSA) is 66.4 Å². The highest BCUT2D eigenvalue weighted by atomic mass is 35.5. The number of amides is 1. The van der Waals surface area contributed by atoms with Crippen LogP contribution in [0.2, 0.25) is 5.02 Å². The zero-order valence-electron chi connectivity index (χ0n) is 10.9. The summed E-state index contributed by atoms with van der Waals surface area (Å²) in [5.41, 5.74) is 1.17. The predicted molar refractivity (Wildman–Crippen MR) is 72.6 cm³/mol. The number of aliphatic carboxylic acids is 1. The molecule has 5 heteroatoms. The molecule has 0 spiro atoms. The summed E-state index contributed by atoms with van der Waals surface area (Å²) in [5.74, 6) is -1.40. The van der Waals surface area contributed by atoms with Crippen molar-refractivity contribution in [2.24, 2.45) is 0 Å². The highest BCUT2D eigenvalue weighted by Gasteiger charge is 2.45. The number of carboxylic acid groups (broad SMARTS) is 1. The first-order valence-corrected chi connectivity index (χ1v) is 6.56. The minimum atomic E-state index is -1.11. The van der Waals surface area contributed by atoms with E-state index in [1.165, 1.54) is 0 Å². The van der Waals surface area contributed by atoms with Crippen molar-refractivity contribution in [1.82, 2.24) is 5.32 Å². The summed E-state index contributed by atoms with van der Waals surface area (Å²) < 4.78 is 0. The van der Waals surface area contributed by atoms with Gasteiger partial charge in [-0.05, 0) is 56.4 Å². The number of benzene rings is 1. The zero-order chi connectivity index (χ0) is 14.2. The Kier molecular flexibility index (Phi) is 3.54. The lowest BCUT2D eigenvalue weighted by atomic mass is 9.76. The molecule has 1 aromatic carbocycles. The second kappa shape index (κ2) is 4.85. The molecule has 0 unspecified atom stereocenters. The minimum absolute atomic E-state index is 0.331. The summed E-state index contributed by atoms with van der Waals surface area (Å²) in [6, 6.07) is 3.42. The van der Waals surface area contributed by atoms with E-state index in [9.17, 15) is 14.7 Å². The van der Waals surface area contributed by atoms with Crippen LogP contribution in [0.1, 0.15) is 40.7 Å². The summed E-state index contributed by atoms with van der Waals surface area (Å²) >= 11 is 6.06. The minimum Gasteiger partial charge on any atom is -0.480 e. The Hall–Kier alpha value is -1.55. The first-order chi connectivity index (χ1) is 8.85. The van der Waals surface area contributed by atoms with Gasteiger partial charge in [-0.3, -0.25) is 4.79 Å². The molecule has 2 rings (SSSR count). The van der Waals surface area contributed by atoms with Crippen LogP contribution in [-0.2, 0) is 4.79 Å². The number of carboxylic acids is 1. The van der Waals surface area contributed by atoms with Crippen molar-refractivity contribution in [3.63, 3.8) is 0 Å². The van der Waals surface area contributed by atoms with Crippen LogP contribution in [0, 0.1) is 13.8 Å². The van der Waals surface area contributed by atoms with E-state index in [-0.39, 0.29) is 0 Å². The van der Waals surface area contributed by atoms with Crippen molar-refractivity contribution in [3.05, 3.63) is 33.8 Å². The summed E-state index contributed by atoms with van der Waals surface area (Å²) in [5, 5.41) is 12.2. The highest BCUT2D eigenvalue weighted by molar-refractivity contribution is 6.34. The van der Waals surface area contributed by atoms with Crippen LogP contribution in [0.4, 0.5) is 0 Å². The fourth-order valence-corrected chi connectivity index (χ4v) is 2.47. The Labute approximate surface area is 116 Å². The lowest BCUT2D eigenvalue weighted by molar-refractivity contribution is -0.148. The second-order valence-electron chi connectivity index (χ2n) is 5.11. The molecule has 0 atom stereocenters. The van der Waals surface area contributed by atoms with Gasteiger partial charge < -0.3 is 10.4 Å². The van der Waals surface area contributed by atoms with Gasteiger partial charge in [0.25, 0.3) is 5.91 Å². The summed E-state index contributed by atoms with van der Waals surface area (Å²) in [7, 11) is 0. The van der Waals surface area contributed by atoms with Gasteiger partial charge in [0, 0.05) is 0 Å². The number of nitrogens with one attached hydrogen (secondary N) is 1. The van der Waals surface area contributed by atoms with Crippen LogP contribution in [-0.4, -0.2) is 22.5 Å². The number of aryl methyl sites for hydroxylation is 2. The molecule has 2 N–H and O–H groups in total. The summed E-state index contributed by atoms with van der Waals surface area (Å²) in [6.45, 7) is 3.80. The van der Waals surface area contributed by atoms with Crippen molar-refractivity contribution in [2.45, 2.75) is 38.6 Å². The number of carbonyl (C=O) groups excluding carboxylic acids is 1. The van der Waals surface area contributed by atoms with Crippen molar-refractivity contribution < 1.29 is 14.7 Å². The molecule has 0 bridgehead atoms. The predicted octanol–water partition coefficient (Wildman–Crippen LogP) is 2.69. The number of rotatable bonds is 3.